The third-order valence-electron chi connectivity index (χ3n) is 6.68. The molecule has 5 atom stereocenters. The average Bonchev–Trinajstić information content (AvgIpc) is 3.41. The number of likely N-dealkylation sites (tertiary alicyclic amines) is 1. The number of nitrogens with one attached hydrogen (secondary N) is 1. The molecule has 0 aromatic heterocycles. The monoisotopic (exact) mass is 400 g/mol. The van der Waals surface area contributed by atoms with Crippen LogP contribution >= 0.6 is 0 Å². The van der Waals surface area contributed by atoms with Crippen LogP contribution in [0.15, 0.2) is 66.7 Å². The molecule has 30 heavy (non-hydrogen) atoms. The highest BCUT2D eigenvalue weighted by Crippen LogP contribution is 2.53. The van der Waals surface area contributed by atoms with Crippen LogP contribution in [0.3, 0.4) is 0 Å². The van der Waals surface area contributed by atoms with E-state index in [1.165, 1.54) is 4.90 Å². The van der Waals surface area contributed by atoms with Gasteiger partial charge in [0.2, 0.25) is 17.7 Å². The van der Waals surface area contributed by atoms with Gasteiger partial charge < -0.3 is 5.32 Å². The molecule has 2 bridgehead atoms. The first kappa shape index (κ1) is 18.8. The summed E-state index contributed by atoms with van der Waals surface area (Å²) in [6.07, 6.45) is 5.32. The number of carbonyl (C=O) groups excluding carboxylic acids is 3. The molecule has 0 radical (unpaired) electrons. The Morgan fingerprint density at radius 1 is 1.00 bits per heavy atom. The smallest absolute Gasteiger partial charge is 0.248 e. The van der Waals surface area contributed by atoms with Crippen LogP contribution < -0.4 is 5.32 Å². The molecule has 5 heteroatoms. The van der Waals surface area contributed by atoms with Crippen molar-refractivity contribution in [2.24, 2.45) is 23.7 Å². The third kappa shape index (κ3) is 3.05. The quantitative estimate of drug-likeness (QED) is 0.618. The molecule has 5 rings (SSSR count). The molecule has 2 aliphatic carbocycles. The Bertz CT molecular complexity index is 1020. The van der Waals surface area contributed by atoms with E-state index in [4.69, 9.17) is 0 Å². The highest BCUT2D eigenvalue weighted by atomic mass is 16.2. The number of amides is 3. The minimum Gasteiger partial charge on any atom is -0.324 e. The number of anilines is 1. The second kappa shape index (κ2) is 7.24. The van der Waals surface area contributed by atoms with Gasteiger partial charge in [0.15, 0.2) is 0 Å². The summed E-state index contributed by atoms with van der Waals surface area (Å²) in [5.74, 6) is -1.08. The minimum absolute atomic E-state index is 0.124. The molecule has 0 unspecified atom stereocenters. The first-order valence-electron chi connectivity index (χ1n) is 10.5. The SMILES string of the molecule is Cc1cccc(NC(=O)[C@H](Cc2ccccc2)N2C(=O)[C@@H]3[C@@H](C2=O)[C@H]2C=C[C@H]3C2)c1. The maximum Gasteiger partial charge on any atom is 0.248 e. The Morgan fingerprint density at radius 2 is 1.67 bits per heavy atom. The zero-order chi connectivity index (χ0) is 20.8. The summed E-state index contributed by atoms with van der Waals surface area (Å²) in [4.78, 5) is 41.2. The summed E-state index contributed by atoms with van der Waals surface area (Å²) in [6, 6.07) is 16.2. The molecule has 1 heterocycles. The summed E-state index contributed by atoms with van der Waals surface area (Å²) in [5, 5.41) is 2.92. The minimum atomic E-state index is -0.863. The van der Waals surface area contributed by atoms with E-state index in [0.717, 1.165) is 17.5 Å². The molecule has 5 nitrogen and oxygen atoms in total. The number of fused-ring (bicyclic) bond motifs is 5. The van der Waals surface area contributed by atoms with Crippen molar-refractivity contribution in [1.82, 2.24) is 4.90 Å². The normalized spacial score (nSPS) is 27.4. The molecule has 3 amide bonds. The molecule has 3 aliphatic rings. The van der Waals surface area contributed by atoms with Crippen LogP contribution in [0.5, 0.6) is 0 Å². The molecule has 1 aliphatic heterocycles. The standard InChI is InChI=1S/C25H24N2O3/c1-15-6-5-9-19(12-15)26-23(28)20(13-16-7-3-2-4-8-16)27-24(29)21-17-10-11-18(14-17)22(21)25(27)30/h2-12,17-18,20-22H,13-14H2,1H3,(H,26,28)/t17-,18-,20-,21-,22-/m0/s1. The summed E-state index contributed by atoms with van der Waals surface area (Å²) in [6.45, 7) is 1.95. The van der Waals surface area contributed by atoms with Gasteiger partial charge in [0.1, 0.15) is 6.04 Å². The van der Waals surface area contributed by atoms with Crippen LogP contribution in [0.25, 0.3) is 0 Å². The highest BCUT2D eigenvalue weighted by molar-refractivity contribution is 6.11. The first-order chi connectivity index (χ1) is 14.5. The predicted octanol–water partition coefficient (Wildman–Crippen LogP) is 3.35. The number of hydrogen-bond donors (Lipinski definition) is 1. The maximum absolute atomic E-state index is 13.3. The predicted molar refractivity (Wildman–Crippen MR) is 113 cm³/mol. The van der Waals surface area contributed by atoms with Crippen LogP contribution in [0.2, 0.25) is 0 Å². The molecule has 1 saturated carbocycles. The Labute approximate surface area is 175 Å². The zero-order valence-corrected chi connectivity index (χ0v) is 16.8. The number of hydrogen-bond acceptors (Lipinski definition) is 3. The van der Waals surface area contributed by atoms with Gasteiger partial charge in [-0.25, -0.2) is 0 Å². The number of allylic oxidation sites excluding steroid dienone is 2. The lowest BCUT2D eigenvalue weighted by Crippen LogP contribution is -2.49. The Morgan fingerprint density at radius 3 is 2.30 bits per heavy atom. The Balaban J connectivity index is 1.46. The van der Waals surface area contributed by atoms with Gasteiger partial charge in [0, 0.05) is 12.1 Å². The van der Waals surface area contributed by atoms with Crippen molar-refractivity contribution in [3.05, 3.63) is 77.9 Å². The molecule has 2 aromatic carbocycles. The number of carbonyl (C=O) groups is 3. The van der Waals surface area contributed by atoms with E-state index in [2.05, 4.69) is 17.5 Å². The Kier molecular flexibility index (Phi) is 4.54. The van der Waals surface area contributed by atoms with Gasteiger partial charge in [0.25, 0.3) is 0 Å². The Hall–Kier alpha value is -3.21. The first-order valence-corrected chi connectivity index (χ1v) is 10.5. The van der Waals surface area contributed by atoms with E-state index in [0.29, 0.717) is 12.1 Å². The van der Waals surface area contributed by atoms with Crippen LogP contribution in [0.4, 0.5) is 5.69 Å². The van der Waals surface area contributed by atoms with E-state index in [-0.39, 0.29) is 41.4 Å². The van der Waals surface area contributed by atoms with Crippen LogP contribution in [0, 0.1) is 30.6 Å². The van der Waals surface area contributed by atoms with Crippen molar-refractivity contribution < 1.29 is 14.4 Å². The summed E-state index contributed by atoms with van der Waals surface area (Å²) in [7, 11) is 0. The van der Waals surface area contributed by atoms with E-state index < -0.39 is 6.04 Å². The number of imide groups is 1. The summed E-state index contributed by atoms with van der Waals surface area (Å²) in [5.41, 5.74) is 2.61. The van der Waals surface area contributed by atoms with Crippen LogP contribution in [0.1, 0.15) is 17.5 Å². The van der Waals surface area contributed by atoms with Gasteiger partial charge in [-0.3, -0.25) is 19.3 Å². The van der Waals surface area contributed by atoms with Gasteiger partial charge in [-0.2, -0.15) is 0 Å². The fourth-order valence-electron chi connectivity index (χ4n) is 5.32. The molecule has 2 fully saturated rings. The van der Waals surface area contributed by atoms with Crippen molar-refractivity contribution in [1.29, 1.82) is 0 Å². The lowest BCUT2D eigenvalue weighted by Gasteiger charge is -2.27. The zero-order valence-electron chi connectivity index (χ0n) is 16.8. The maximum atomic E-state index is 13.3. The molecule has 152 valence electrons. The topological polar surface area (TPSA) is 66.5 Å². The lowest BCUT2D eigenvalue weighted by atomic mass is 9.85. The van der Waals surface area contributed by atoms with E-state index in [1.54, 1.807) is 0 Å². The van der Waals surface area contributed by atoms with Gasteiger partial charge in [-0.1, -0.05) is 54.6 Å². The molecule has 0 spiro atoms. The fourth-order valence-corrected chi connectivity index (χ4v) is 5.32. The molecular weight excluding hydrogens is 376 g/mol. The summed E-state index contributed by atoms with van der Waals surface area (Å²) < 4.78 is 0. The van der Waals surface area contributed by atoms with E-state index in [1.807, 2.05) is 61.5 Å². The van der Waals surface area contributed by atoms with Crippen molar-refractivity contribution in [3.8, 4) is 0 Å². The van der Waals surface area contributed by atoms with E-state index >= 15 is 0 Å². The van der Waals surface area contributed by atoms with Crippen LogP contribution in [-0.2, 0) is 20.8 Å². The van der Waals surface area contributed by atoms with Gasteiger partial charge in [-0.05, 0) is 48.4 Å². The molecule has 1 N–H and O–H groups in total. The van der Waals surface area contributed by atoms with Gasteiger partial charge >= 0.3 is 0 Å². The van der Waals surface area contributed by atoms with Crippen molar-refractivity contribution >= 4 is 23.4 Å². The van der Waals surface area contributed by atoms with Gasteiger partial charge in [0.05, 0.1) is 11.8 Å². The number of nitrogens with zero attached hydrogens (tertiary/aromatic N) is 1. The third-order valence-corrected chi connectivity index (χ3v) is 6.68. The summed E-state index contributed by atoms with van der Waals surface area (Å²) >= 11 is 0. The molecule has 1 saturated heterocycles. The number of aryl methyl sites for hydroxylation is 1. The second-order valence-electron chi connectivity index (χ2n) is 8.61. The number of benzene rings is 2. The molecular formula is C25H24N2O3. The molecule has 2 aromatic rings. The largest absolute Gasteiger partial charge is 0.324 e. The average molecular weight is 400 g/mol. The van der Waals surface area contributed by atoms with Crippen LogP contribution in [-0.4, -0.2) is 28.7 Å². The highest BCUT2D eigenvalue weighted by Gasteiger charge is 2.61. The van der Waals surface area contributed by atoms with Crippen molar-refractivity contribution in [2.75, 3.05) is 5.32 Å². The number of rotatable bonds is 5. The second-order valence-corrected chi connectivity index (χ2v) is 8.61. The van der Waals surface area contributed by atoms with Crippen molar-refractivity contribution in [3.63, 3.8) is 0 Å². The lowest BCUT2D eigenvalue weighted by molar-refractivity contribution is -0.147. The van der Waals surface area contributed by atoms with E-state index in [9.17, 15) is 14.4 Å². The van der Waals surface area contributed by atoms with Gasteiger partial charge in [-0.15, -0.1) is 0 Å². The fraction of sp³-hybridized carbons (Fsp3) is 0.320. The van der Waals surface area contributed by atoms with Crippen molar-refractivity contribution in [2.45, 2.75) is 25.8 Å².